The van der Waals surface area contributed by atoms with Crippen molar-refractivity contribution in [2.45, 2.75) is 33.8 Å². The van der Waals surface area contributed by atoms with Crippen molar-refractivity contribution in [2.24, 2.45) is 0 Å². The Bertz CT molecular complexity index is 594. The topological polar surface area (TPSA) is 61.0 Å². The maximum absolute atomic E-state index is 5.77. The van der Waals surface area contributed by atoms with Crippen molar-refractivity contribution in [1.82, 2.24) is 10.2 Å². The van der Waals surface area contributed by atoms with Crippen molar-refractivity contribution >= 4 is 5.82 Å². The smallest absolute Gasteiger partial charge is 0.149 e. The number of benzene rings is 1. The molecule has 0 fully saturated rings. The first-order valence-electron chi connectivity index (χ1n) is 6.35. The van der Waals surface area contributed by atoms with Gasteiger partial charge in [-0.15, -0.1) is 10.2 Å². The Labute approximate surface area is 113 Å². The summed E-state index contributed by atoms with van der Waals surface area (Å²) < 4.78 is 5.70. The molecule has 0 radical (unpaired) electrons. The van der Waals surface area contributed by atoms with Gasteiger partial charge in [0, 0.05) is 5.56 Å². The van der Waals surface area contributed by atoms with Crippen molar-refractivity contribution in [2.75, 3.05) is 5.73 Å². The second-order valence-corrected chi connectivity index (χ2v) is 4.88. The largest absolute Gasteiger partial charge is 0.491 e. The molecule has 0 amide bonds. The summed E-state index contributed by atoms with van der Waals surface area (Å²) in [4.78, 5) is 0. The minimum atomic E-state index is 0.149. The van der Waals surface area contributed by atoms with Gasteiger partial charge in [0.1, 0.15) is 11.6 Å². The van der Waals surface area contributed by atoms with Crippen LogP contribution in [-0.4, -0.2) is 16.3 Å². The minimum absolute atomic E-state index is 0.149. The minimum Gasteiger partial charge on any atom is -0.491 e. The molecule has 4 nitrogen and oxygen atoms in total. The van der Waals surface area contributed by atoms with Gasteiger partial charge in [-0.25, -0.2) is 0 Å². The average Bonchev–Trinajstić information content (AvgIpc) is 2.36. The normalized spacial score (nSPS) is 10.8. The van der Waals surface area contributed by atoms with E-state index in [1.165, 1.54) is 0 Å². The van der Waals surface area contributed by atoms with Gasteiger partial charge in [0.15, 0.2) is 0 Å². The predicted molar refractivity (Wildman–Crippen MR) is 77.1 cm³/mol. The fourth-order valence-corrected chi connectivity index (χ4v) is 1.89. The standard InChI is InChI=1S/C15H19N3O/c1-9(2)19-13-7-5-6-12(8-13)14-10(3)11(4)15(16)18-17-14/h5-9H,1-4H3,(H2,16,18). The highest BCUT2D eigenvalue weighted by Crippen LogP contribution is 2.27. The van der Waals surface area contributed by atoms with E-state index in [1.54, 1.807) is 0 Å². The Hall–Kier alpha value is -2.10. The van der Waals surface area contributed by atoms with Gasteiger partial charge in [-0.05, 0) is 51.0 Å². The van der Waals surface area contributed by atoms with Gasteiger partial charge in [0.05, 0.1) is 11.8 Å². The quantitative estimate of drug-likeness (QED) is 0.917. The van der Waals surface area contributed by atoms with Gasteiger partial charge < -0.3 is 10.5 Å². The van der Waals surface area contributed by atoms with Crippen LogP contribution in [-0.2, 0) is 0 Å². The van der Waals surface area contributed by atoms with Gasteiger partial charge >= 0.3 is 0 Å². The lowest BCUT2D eigenvalue weighted by Gasteiger charge is -2.12. The highest BCUT2D eigenvalue weighted by atomic mass is 16.5. The number of aromatic nitrogens is 2. The average molecular weight is 257 g/mol. The van der Waals surface area contributed by atoms with Crippen molar-refractivity contribution in [3.05, 3.63) is 35.4 Å². The van der Waals surface area contributed by atoms with Crippen molar-refractivity contribution in [3.8, 4) is 17.0 Å². The zero-order valence-corrected chi connectivity index (χ0v) is 11.8. The number of nitrogens with zero attached hydrogens (tertiary/aromatic N) is 2. The summed E-state index contributed by atoms with van der Waals surface area (Å²) in [6.45, 7) is 7.97. The van der Waals surface area contributed by atoms with E-state index < -0.39 is 0 Å². The molecule has 2 aromatic rings. The molecule has 0 aliphatic rings. The number of rotatable bonds is 3. The maximum atomic E-state index is 5.77. The van der Waals surface area contributed by atoms with Crippen LogP contribution in [0.3, 0.4) is 0 Å². The molecule has 4 heteroatoms. The molecule has 0 bridgehead atoms. The van der Waals surface area contributed by atoms with Gasteiger partial charge in [0.2, 0.25) is 0 Å². The van der Waals surface area contributed by atoms with Crippen LogP contribution in [0, 0.1) is 13.8 Å². The van der Waals surface area contributed by atoms with E-state index in [0.717, 1.165) is 28.1 Å². The molecule has 0 saturated heterocycles. The number of anilines is 1. The van der Waals surface area contributed by atoms with Crippen LogP contribution in [0.25, 0.3) is 11.3 Å². The third kappa shape index (κ3) is 2.84. The summed E-state index contributed by atoms with van der Waals surface area (Å²) in [6, 6.07) is 7.88. The van der Waals surface area contributed by atoms with Crippen LogP contribution in [0.15, 0.2) is 24.3 Å². The molecule has 2 rings (SSSR count). The first kappa shape index (κ1) is 13.3. The van der Waals surface area contributed by atoms with E-state index >= 15 is 0 Å². The van der Waals surface area contributed by atoms with Crippen LogP contribution in [0.5, 0.6) is 5.75 Å². The summed E-state index contributed by atoms with van der Waals surface area (Å²) >= 11 is 0. The maximum Gasteiger partial charge on any atom is 0.149 e. The van der Waals surface area contributed by atoms with Crippen LogP contribution in [0.4, 0.5) is 5.82 Å². The van der Waals surface area contributed by atoms with E-state index in [4.69, 9.17) is 10.5 Å². The zero-order chi connectivity index (χ0) is 14.0. The summed E-state index contributed by atoms with van der Waals surface area (Å²) in [7, 11) is 0. The molecule has 1 aromatic carbocycles. The predicted octanol–water partition coefficient (Wildman–Crippen LogP) is 3.13. The Morgan fingerprint density at radius 3 is 2.53 bits per heavy atom. The summed E-state index contributed by atoms with van der Waals surface area (Å²) in [6.07, 6.45) is 0.149. The number of hydrogen-bond donors (Lipinski definition) is 1. The number of nitrogen functional groups attached to an aromatic ring is 1. The van der Waals surface area contributed by atoms with Crippen LogP contribution < -0.4 is 10.5 Å². The van der Waals surface area contributed by atoms with E-state index in [2.05, 4.69) is 10.2 Å². The fraction of sp³-hybridized carbons (Fsp3) is 0.333. The fourth-order valence-electron chi connectivity index (χ4n) is 1.89. The molecule has 0 aliphatic heterocycles. The number of ether oxygens (including phenoxy) is 1. The monoisotopic (exact) mass is 257 g/mol. The van der Waals surface area contributed by atoms with Crippen LogP contribution in [0.1, 0.15) is 25.0 Å². The number of hydrogen-bond acceptors (Lipinski definition) is 4. The lowest BCUT2D eigenvalue weighted by Crippen LogP contribution is -2.06. The Morgan fingerprint density at radius 2 is 1.84 bits per heavy atom. The van der Waals surface area contributed by atoms with E-state index in [1.807, 2.05) is 52.0 Å². The lowest BCUT2D eigenvalue weighted by molar-refractivity contribution is 0.242. The highest BCUT2D eigenvalue weighted by molar-refractivity contribution is 5.67. The molecule has 1 heterocycles. The summed E-state index contributed by atoms with van der Waals surface area (Å²) in [5.74, 6) is 1.32. The number of nitrogens with two attached hydrogens (primary N) is 1. The van der Waals surface area contributed by atoms with Crippen LogP contribution >= 0.6 is 0 Å². The Morgan fingerprint density at radius 1 is 1.11 bits per heavy atom. The third-order valence-corrected chi connectivity index (χ3v) is 3.04. The first-order valence-corrected chi connectivity index (χ1v) is 6.35. The van der Waals surface area contributed by atoms with Crippen molar-refractivity contribution < 1.29 is 4.74 Å². The van der Waals surface area contributed by atoms with Crippen molar-refractivity contribution in [1.29, 1.82) is 0 Å². The molecule has 0 saturated carbocycles. The summed E-state index contributed by atoms with van der Waals surface area (Å²) in [5.41, 5.74) is 9.63. The van der Waals surface area contributed by atoms with Gasteiger partial charge in [-0.2, -0.15) is 0 Å². The Kier molecular flexibility index (Phi) is 3.69. The molecule has 0 spiro atoms. The molecular weight excluding hydrogens is 238 g/mol. The van der Waals surface area contributed by atoms with Crippen LogP contribution in [0.2, 0.25) is 0 Å². The molecule has 19 heavy (non-hydrogen) atoms. The van der Waals surface area contributed by atoms with Crippen molar-refractivity contribution in [3.63, 3.8) is 0 Å². The molecule has 0 unspecified atom stereocenters. The second kappa shape index (κ2) is 5.26. The van der Waals surface area contributed by atoms with E-state index in [9.17, 15) is 0 Å². The SMILES string of the molecule is Cc1c(N)nnc(-c2cccc(OC(C)C)c2)c1C. The van der Waals surface area contributed by atoms with Gasteiger partial charge in [-0.1, -0.05) is 12.1 Å². The molecule has 2 N–H and O–H groups in total. The van der Waals surface area contributed by atoms with E-state index in [-0.39, 0.29) is 6.10 Å². The molecule has 1 aromatic heterocycles. The van der Waals surface area contributed by atoms with Gasteiger partial charge in [0.25, 0.3) is 0 Å². The highest BCUT2D eigenvalue weighted by Gasteiger charge is 2.10. The second-order valence-electron chi connectivity index (χ2n) is 4.88. The zero-order valence-electron chi connectivity index (χ0n) is 11.8. The molecule has 100 valence electrons. The summed E-state index contributed by atoms with van der Waals surface area (Å²) in [5, 5.41) is 8.19. The third-order valence-electron chi connectivity index (χ3n) is 3.04. The molecule has 0 aliphatic carbocycles. The van der Waals surface area contributed by atoms with Gasteiger partial charge in [-0.3, -0.25) is 0 Å². The Balaban J connectivity index is 2.45. The lowest BCUT2D eigenvalue weighted by atomic mass is 10.0. The first-order chi connectivity index (χ1) is 8.99. The van der Waals surface area contributed by atoms with E-state index in [0.29, 0.717) is 5.82 Å². The molecule has 0 atom stereocenters. The molecular formula is C15H19N3O.